The van der Waals surface area contributed by atoms with E-state index < -0.39 is 59.7 Å². The molecule has 0 bridgehead atoms. The lowest BCUT2D eigenvalue weighted by Crippen LogP contribution is -2.36. The highest BCUT2D eigenvalue weighted by molar-refractivity contribution is 5.87. The fourth-order valence-corrected chi connectivity index (χ4v) is 3.98. The van der Waals surface area contributed by atoms with Crippen molar-refractivity contribution in [2.75, 3.05) is 52.7 Å². The molecule has 0 saturated heterocycles. The number of nitrogens with one attached hydrogen (secondary N) is 2. The number of ether oxygens (including phenoxy) is 8. The van der Waals surface area contributed by atoms with Gasteiger partial charge in [0.25, 0.3) is 0 Å². The van der Waals surface area contributed by atoms with E-state index in [-0.39, 0.29) is 75.4 Å². The number of halogens is 4. The number of amides is 2. The molecule has 18 heteroatoms. The SMILES string of the molecule is C=C(C)C(=O)OCCNC(=O)OC(COc1ccc(C(F)(F)C(F)(F)c2ccc(OCC(OCC)OC(=O)NCCOC(=O)C(=C)C)cc2)cc1)OCC. The van der Waals surface area contributed by atoms with Gasteiger partial charge in [0, 0.05) is 35.5 Å². The van der Waals surface area contributed by atoms with Gasteiger partial charge in [0.2, 0.25) is 12.6 Å². The van der Waals surface area contributed by atoms with Gasteiger partial charge >= 0.3 is 36.0 Å². The molecular formula is C36H44F4N2O12. The first kappa shape index (κ1) is 44.8. The van der Waals surface area contributed by atoms with Crippen LogP contribution in [0.5, 0.6) is 11.5 Å². The van der Waals surface area contributed by atoms with Crippen molar-refractivity contribution < 1.29 is 74.6 Å². The second kappa shape index (κ2) is 22.0. The molecule has 2 rings (SSSR count). The number of alkyl carbamates (subject to hydrolysis) is 2. The van der Waals surface area contributed by atoms with Crippen molar-refractivity contribution in [2.45, 2.75) is 52.1 Å². The van der Waals surface area contributed by atoms with Crippen LogP contribution < -0.4 is 20.1 Å². The average Bonchev–Trinajstić information content (AvgIpc) is 3.13. The van der Waals surface area contributed by atoms with Crippen LogP contribution in [0.15, 0.2) is 72.8 Å². The summed E-state index contributed by atoms with van der Waals surface area (Å²) < 4.78 is 102. The summed E-state index contributed by atoms with van der Waals surface area (Å²) in [5.41, 5.74) is -1.63. The summed E-state index contributed by atoms with van der Waals surface area (Å²) in [6.07, 6.45) is -4.28. The zero-order chi connectivity index (χ0) is 40.3. The molecule has 0 aromatic heterocycles. The van der Waals surface area contributed by atoms with E-state index in [1.165, 1.54) is 13.8 Å². The maximum absolute atomic E-state index is 15.2. The third-order valence-corrected chi connectivity index (χ3v) is 6.69. The van der Waals surface area contributed by atoms with E-state index >= 15 is 17.6 Å². The fourth-order valence-electron chi connectivity index (χ4n) is 3.98. The smallest absolute Gasteiger partial charge is 0.409 e. The van der Waals surface area contributed by atoms with Gasteiger partial charge in [-0.25, -0.2) is 19.2 Å². The fraction of sp³-hybridized carbons (Fsp3) is 0.444. The molecule has 54 heavy (non-hydrogen) atoms. The Morgan fingerprint density at radius 2 is 0.963 bits per heavy atom. The molecule has 0 aliphatic rings. The zero-order valence-electron chi connectivity index (χ0n) is 30.3. The molecular weight excluding hydrogens is 728 g/mol. The van der Waals surface area contributed by atoms with Crippen molar-refractivity contribution in [3.63, 3.8) is 0 Å². The van der Waals surface area contributed by atoms with Crippen LogP contribution in [0.2, 0.25) is 0 Å². The molecule has 298 valence electrons. The van der Waals surface area contributed by atoms with Crippen molar-refractivity contribution in [3.8, 4) is 11.5 Å². The molecule has 0 radical (unpaired) electrons. The van der Waals surface area contributed by atoms with E-state index in [0.717, 1.165) is 48.5 Å². The lowest BCUT2D eigenvalue weighted by atomic mass is 9.96. The van der Waals surface area contributed by atoms with Crippen LogP contribution in [-0.2, 0) is 49.9 Å². The Morgan fingerprint density at radius 1 is 0.630 bits per heavy atom. The Balaban J connectivity index is 1.93. The van der Waals surface area contributed by atoms with Crippen LogP contribution in [0.1, 0.15) is 38.8 Å². The lowest BCUT2D eigenvalue weighted by molar-refractivity contribution is -0.223. The number of rotatable bonds is 23. The zero-order valence-corrected chi connectivity index (χ0v) is 30.3. The number of esters is 2. The number of hydrogen-bond donors (Lipinski definition) is 2. The van der Waals surface area contributed by atoms with Gasteiger partial charge in [-0.15, -0.1) is 0 Å². The first-order chi connectivity index (χ1) is 25.5. The lowest BCUT2D eigenvalue weighted by Gasteiger charge is -2.27. The van der Waals surface area contributed by atoms with Crippen molar-refractivity contribution >= 4 is 24.1 Å². The van der Waals surface area contributed by atoms with Gasteiger partial charge < -0.3 is 48.5 Å². The molecule has 2 amide bonds. The normalized spacial score (nSPS) is 12.4. The molecule has 2 aromatic rings. The van der Waals surface area contributed by atoms with Crippen molar-refractivity contribution in [1.29, 1.82) is 0 Å². The highest BCUT2D eigenvalue weighted by Gasteiger charge is 2.58. The van der Waals surface area contributed by atoms with Crippen LogP contribution >= 0.6 is 0 Å². The van der Waals surface area contributed by atoms with E-state index in [4.69, 9.17) is 37.9 Å². The van der Waals surface area contributed by atoms with Gasteiger partial charge in [-0.2, -0.15) is 17.6 Å². The minimum atomic E-state index is -4.66. The third kappa shape index (κ3) is 14.6. The molecule has 14 nitrogen and oxygen atoms in total. The Morgan fingerprint density at radius 3 is 1.26 bits per heavy atom. The highest BCUT2D eigenvalue weighted by atomic mass is 19.3. The topological polar surface area (TPSA) is 166 Å². The predicted octanol–water partition coefficient (Wildman–Crippen LogP) is 5.74. The van der Waals surface area contributed by atoms with Crippen molar-refractivity contribution in [1.82, 2.24) is 10.6 Å². The largest absolute Gasteiger partial charge is 0.487 e. The molecule has 2 aromatic carbocycles. The van der Waals surface area contributed by atoms with E-state index in [2.05, 4.69) is 23.8 Å². The van der Waals surface area contributed by atoms with Gasteiger partial charge in [0.1, 0.15) is 24.7 Å². The molecule has 0 aliphatic carbocycles. The minimum Gasteiger partial charge on any atom is -0.487 e. The number of benzene rings is 2. The first-order valence-corrected chi connectivity index (χ1v) is 16.5. The summed E-state index contributed by atoms with van der Waals surface area (Å²) in [4.78, 5) is 46.9. The maximum Gasteiger partial charge on any atom is 0.409 e. The Bertz CT molecular complexity index is 1440. The van der Waals surface area contributed by atoms with Gasteiger partial charge in [-0.05, 0) is 76.2 Å². The average molecular weight is 773 g/mol. The van der Waals surface area contributed by atoms with Crippen LogP contribution in [0.25, 0.3) is 0 Å². The van der Waals surface area contributed by atoms with E-state index in [1.54, 1.807) is 13.8 Å². The molecule has 0 aliphatic heterocycles. The third-order valence-electron chi connectivity index (χ3n) is 6.69. The summed E-state index contributed by atoms with van der Waals surface area (Å²) in [6.45, 7) is 12.1. The van der Waals surface area contributed by atoms with Gasteiger partial charge in [-0.3, -0.25) is 0 Å². The molecule has 2 N–H and O–H groups in total. The van der Waals surface area contributed by atoms with Crippen LogP contribution in [0, 0.1) is 0 Å². The second-order valence-corrected chi connectivity index (χ2v) is 11.1. The Labute approximate surface area is 309 Å². The molecule has 0 heterocycles. The number of carbonyl (C=O) groups excluding carboxylic acids is 4. The summed E-state index contributed by atoms with van der Waals surface area (Å²) in [7, 11) is 0. The molecule has 2 unspecified atom stereocenters. The van der Waals surface area contributed by atoms with E-state index in [0.29, 0.717) is 0 Å². The second-order valence-electron chi connectivity index (χ2n) is 11.1. The van der Waals surface area contributed by atoms with E-state index in [1.807, 2.05) is 0 Å². The summed E-state index contributed by atoms with van der Waals surface area (Å²) >= 11 is 0. The van der Waals surface area contributed by atoms with Crippen molar-refractivity contribution in [2.24, 2.45) is 0 Å². The molecule has 2 atom stereocenters. The Kier molecular flexibility index (Phi) is 18.2. The Hall–Kier alpha value is -5.36. The van der Waals surface area contributed by atoms with Gasteiger partial charge in [-0.1, -0.05) is 13.2 Å². The number of carbonyl (C=O) groups is 4. The van der Waals surface area contributed by atoms with E-state index in [9.17, 15) is 19.2 Å². The highest BCUT2D eigenvalue weighted by Crippen LogP contribution is 2.50. The van der Waals surface area contributed by atoms with Crippen LogP contribution in [0.4, 0.5) is 27.2 Å². The monoisotopic (exact) mass is 772 g/mol. The van der Waals surface area contributed by atoms with Crippen molar-refractivity contribution in [3.05, 3.63) is 84.0 Å². The van der Waals surface area contributed by atoms with Crippen LogP contribution in [0.3, 0.4) is 0 Å². The van der Waals surface area contributed by atoms with Crippen LogP contribution in [-0.4, -0.2) is 89.4 Å². The first-order valence-electron chi connectivity index (χ1n) is 16.5. The maximum atomic E-state index is 15.2. The predicted molar refractivity (Wildman–Crippen MR) is 183 cm³/mol. The number of hydrogen-bond acceptors (Lipinski definition) is 12. The summed E-state index contributed by atoms with van der Waals surface area (Å²) in [5.74, 6) is -10.6. The molecule has 0 fully saturated rings. The standard InChI is InChI=1S/C36H44F4N2O12/c1-7-47-29(53-33(45)41-17-19-49-31(43)23(3)4)21-51-27-13-9-25(10-14-27)35(37,38)36(39,40)26-11-15-28(16-12-26)52-22-30(48-8-2)54-34(46)42-18-20-50-32(44)24(5)6/h9-16,29-30H,3,5,7-8,17-22H2,1-2,4,6H3,(H,41,45)(H,42,46). The minimum absolute atomic E-state index is 0.00398. The molecule has 0 saturated carbocycles. The van der Waals surface area contributed by atoms with Gasteiger partial charge in [0.15, 0.2) is 13.2 Å². The quantitative estimate of drug-likeness (QED) is 0.0352. The summed E-state index contributed by atoms with van der Waals surface area (Å²) in [5, 5.41) is 4.70. The van der Waals surface area contributed by atoms with Gasteiger partial charge in [0.05, 0.1) is 13.1 Å². The number of alkyl halides is 4. The molecule has 0 spiro atoms. The summed E-state index contributed by atoms with van der Waals surface area (Å²) in [6, 6.07) is 7.28.